The summed E-state index contributed by atoms with van der Waals surface area (Å²) < 4.78 is 1.72. The van der Waals surface area contributed by atoms with Crippen LogP contribution in [-0.4, -0.2) is 72.4 Å². The fourth-order valence-electron chi connectivity index (χ4n) is 4.27. The van der Waals surface area contributed by atoms with Crippen LogP contribution >= 0.6 is 24.0 Å². The number of aliphatic imine (C=N–C) groups is 1. The normalized spacial score (nSPS) is 19.0. The quantitative estimate of drug-likeness (QED) is 0.376. The summed E-state index contributed by atoms with van der Waals surface area (Å²) in [5.74, 6) is 0.846. The average molecular weight is 523 g/mol. The molecule has 1 amide bonds. The van der Waals surface area contributed by atoms with E-state index in [0.717, 1.165) is 37.7 Å². The fraction of sp³-hybridized carbons (Fsp3) is 0.476. The van der Waals surface area contributed by atoms with Gasteiger partial charge in [0.25, 0.3) is 0 Å². The van der Waals surface area contributed by atoms with Crippen molar-refractivity contribution < 1.29 is 4.79 Å². The van der Waals surface area contributed by atoms with Gasteiger partial charge in [0.1, 0.15) is 6.54 Å². The highest BCUT2D eigenvalue weighted by Gasteiger charge is 2.28. The molecule has 1 saturated heterocycles. The molecule has 0 saturated carbocycles. The molecule has 0 spiro atoms. The van der Waals surface area contributed by atoms with E-state index in [9.17, 15) is 4.79 Å². The molecule has 0 aliphatic carbocycles. The van der Waals surface area contributed by atoms with Crippen LogP contribution in [-0.2, 0) is 18.3 Å². The number of nitrogens with zero attached hydrogens (tertiary/aromatic N) is 6. The number of hydrogen-bond donors (Lipinski definition) is 1. The Morgan fingerprint density at radius 2 is 2.10 bits per heavy atom. The van der Waals surface area contributed by atoms with E-state index in [4.69, 9.17) is 0 Å². The number of carbonyl (C=O) groups excluding carboxylic acids is 1. The highest BCUT2D eigenvalue weighted by atomic mass is 127. The van der Waals surface area contributed by atoms with E-state index in [1.807, 2.05) is 18.1 Å². The predicted molar refractivity (Wildman–Crippen MR) is 131 cm³/mol. The molecule has 30 heavy (non-hydrogen) atoms. The second kappa shape index (κ2) is 9.67. The van der Waals surface area contributed by atoms with Crippen LogP contribution < -0.4 is 15.1 Å². The average Bonchev–Trinajstić information content (AvgIpc) is 3.28. The Morgan fingerprint density at radius 1 is 1.30 bits per heavy atom. The molecule has 1 unspecified atom stereocenters. The molecular weight excluding hydrogens is 493 g/mol. The molecule has 4 rings (SSSR count). The van der Waals surface area contributed by atoms with Crippen molar-refractivity contribution in [2.45, 2.75) is 19.4 Å². The summed E-state index contributed by atoms with van der Waals surface area (Å²) in [6.07, 6.45) is 4.70. The third-order valence-corrected chi connectivity index (χ3v) is 5.72. The number of piperazine rings is 1. The highest BCUT2D eigenvalue weighted by molar-refractivity contribution is 14.0. The van der Waals surface area contributed by atoms with Crippen LogP contribution in [0.15, 0.2) is 41.7 Å². The zero-order valence-electron chi connectivity index (χ0n) is 17.8. The molecule has 162 valence electrons. The predicted octanol–water partition coefficient (Wildman–Crippen LogP) is 1.71. The first-order valence-corrected chi connectivity index (χ1v) is 10.2. The molecule has 8 nitrogen and oxygen atoms in total. The number of aryl methyl sites for hydroxylation is 1. The second-order valence-corrected chi connectivity index (χ2v) is 7.69. The number of aromatic nitrogens is 2. The number of anilines is 2. The first-order valence-electron chi connectivity index (χ1n) is 10.2. The van der Waals surface area contributed by atoms with Gasteiger partial charge in [-0.2, -0.15) is 5.10 Å². The molecule has 1 N–H and O–H groups in total. The summed E-state index contributed by atoms with van der Waals surface area (Å²) in [6, 6.07) is 9.12. The maximum Gasteiger partial charge on any atom is 0.246 e. The molecule has 2 aromatic rings. The van der Waals surface area contributed by atoms with E-state index in [1.54, 1.807) is 22.8 Å². The van der Waals surface area contributed by atoms with Crippen LogP contribution in [0.4, 0.5) is 11.4 Å². The Labute approximate surface area is 194 Å². The highest BCUT2D eigenvalue weighted by Crippen LogP contribution is 2.31. The Kier molecular flexibility index (Phi) is 7.22. The number of amides is 1. The van der Waals surface area contributed by atoms with Crippen LogP contribution in [0.1, 0.15) is 12.5 Å². The minimum atomic E-state index is 0. The lowest BCUT2D eigenvalue weighted by Gasteiger charge is -2.35. The van der Waals surface area contributed by atoms with E-state index < -0.39 is 0 Å². The van der Waals surface area contributed by atoms with Gasteiger partial charge in [-0.3, -0.25) is 14.5 Å². The summed E-state index contributed by atoms with van der Waals surface area (Å²) >= 11 is 0. The summed E-state index contributed by atoms with van der Waals surface area (Å²) in [6.45, 7) is 5.64. The van der Waals surface area contributed by atoms with Gasteiger partial charge in [-0.05, 0) is 25.0 Å². The van der Waals surface area contributed by atoms with E-state index >= 15 is 0 Å². The minimum Gasteiger partial charge on any atom is -0.367 e. The Morgan fingerprint density at radius 3 is 2.80 bits per heavy atom. The van der Waals surface area contributed by atoms with Crippen molar-refractivity contribution in [3.63, 3.8) is 0 Å². The van der Waals surface area contributed by atoms with Gasteiger partial charge in [0.05, 0.1) is 11.9 Å². The largest absolute Gasteiger partial charge is 0.367 e. The fourth-order valence-corrected chi connectivity index (χ4v) is 4.27. The molecule has 9 heteroatoms. The summed E-state index contributed by atoms with van der Waals surface area (Å²) in [5.41, 5.74) is 3.60. The lowest BCUT2D eigenvalue weighted by atomic mass is 10.1. The van der Waals surface area contributed by atoms with E-state index in [1.165, 1.54) is 11.3 Å². The zero-order valence-corrected chi connectivity index (χ0v) is 20.1. The van der Waals surface area contributed by atoms with Crippen molar-refractivity contribution in [3.05, 3.63) is 42.2 Å². The summed E-state index contributed by atoms with van der Waals surface area (Å²) in [7, 11) is 3.63. The van der Waals surface area contributed by atoms with E-state index in [-0.39, 0.29) is 29.9 Å². The minimum absolute atomic E-state index is 0. The molecule has 2 aliphatic heterocycles. The smallest absolute Gasteiger partial charge is 0.246 e. The van der Waals surface area contributed by atoms with Gasteiger partial charge in [-0.25, -0.2) is 0 Å². The maximum atomic E-state index is 12.7. The number of rotatable bonds is 4. The van der Waals surface area contributed by atoms with Gasteiger partial charge in [-0.15, -0.1) is 24.0 Å². The van der Waals surface area contributed by atoms with Crippen molar-refractivity contribution in [2.24, 2.45) is 12.0 Å². The first kappa shape index (κ1) is 22.4. The van der Waals surface area contributed by atoms with Gasteiger partial charge in [-0.1, -0.05) is 18.2 Å². The lowest BCUT2D eigenvalue weighted by Crippen LogP contribution is -2.56. The maximum absolute atomic E-state index is 12.7. The number of fused-ring (bicyclic) bond motifs is 1. The number of guanidine groups is 1. The molecular formula is C21H30IN7O. The monoisotopic (exact) mass is 523 g/mol. The molecule has 3 heterocycles. The van der Waals surface area contributed by atoms with Crippen molar-refractivity contribution in [1.29, 1.82) is 0 Å². The lowest BCUT2D eigenvalue weighted by molar-refractivity contribution is -0.120. The number of benzene rings is 1. The van der Waals surface area contributed by atoms with Crippen molar-refractivity contribution in [2.75, 3.05) is 49.6 Å². The third-order valence-electron chi connectivity index (χ3n) is 5.72. The van der Waals surface area contributed by atoms with Crippen LogP contribution in [0.5, 0.6) is 0 Å². The number of para-hydroxylation sites is 1. The molecule has 1 aromatic heterocycles. The van der Waals surface area contributed by atoms with Crippen LogP contribution in [0.3, 0.4) is 0 Å². The van der Waals surface area contributed by atoms with Crippen molar-refractivity contribution in [3.8, 4) is 0 Å². The summed E-state index contributed by atoms with van der Waals surface area (Å²) in [5, 5.41) is 7.61. The van der Waals surface area contributed by atoms with Crippen LogP contribution in [0, 0.1) is 0 Å². The van der Waals surface area contributed by atoms with Gasteiger partial charge < -0.3 is 20.0 Å². The van der Waals surface area contributed by atoms with E-state index in [0.29, 0.717) is 19.1 Å². The Bertz CT molecular complexity index is 912. The first-order chi connectivity index (χ1) is 14.1. The van der Waals surface area contributed by atoms with Gasteiger partial charge in [0, 0.05) is 58.2 Å². The van der Waals surface area contributed by atoms with E-state index in [2.05, 4.69) is 51.5 Å². The molecule has 1 aromatic carbocycles. The SMILES string of the molecule is CN=C(NCCN1c2ccccc2CC1C)N1CCN(c2cnn(C)c2)C(=O)C1.I. The Balaban J connectivity index is 0.00000256. The van der Waals surface area contributed by atoms with Crippen molar-refractivity contribution in [1.82, 2.24) is 20.0 Å². The second-order valence-electron chi connectivity index (χ2n) is 7.69. The number of halogens is 1. The molecule has 1 fully saturated rings. The van der Waals surface area contributed by atoms with Crippen LogP contribution in [0.2, 0.25) is 0 Å². The standard InChI is InChI=1S/C21H29N7O.HI/c1-16-12-17-6-4-5-7-19(17)27(16)9-8-23-21(22-2)26-10-11-28(20(29)15-26)18-13-24-25(3)14-18;/h4-7,13-14,16H,8-12,15H2,1-3H3,(H,22,23);1H. The molecule has 1 atom stereocenters. The molecule has 0 bridgehead atoms. The van der Waals surface area contributed by atoms with Gasteiger partial charge in [0.2, 0.25) is 5.91 Å². The number of nitrogens with one attached hydrogen (secondary N) is 1. The molecule has 2 aliphatic rings. The number of carbonyl (C=O) groups is 1. The zero-order chi connectivity index (χ0) is 20.4. The van der Waals surface area contributed by atoms with Crippen molar-refractivity contribution >= 4 is 47.2 Å². The molecule has 0 radical (unpaired) electrons. The number of hydrogen-bond acceptors (Lipinski definition) is 4. The van der Waals surface area contributed by atoms with Gasteiger partial charge >= 0.3 is 0 Å². The summed E-state index contributed by atoms with van der Waals surface area (Å²) in [4.78, 5) is 23.3. The Hall–Kier alpha value is -2.30. The van der Waals surface area contributed by atoms with Gasteiger partial charge in [0.15, 0.2) is 5.96 Å². The van der Waals surface area contributed by atoms with Crippen LogP contribution in [0.25, 0.3) is 0 Å². The topological polar surface area (TPSA) is 69.0 Å². The third kappa shape index (κ3) is 4.55.